The largest absolute Gasteiger partial charge is 0.464 e. The van der Waals surface area contributed by atoms with Crippen molar-refractivity contribution in [3.8, 4) is 0 Å². The van der Waals surface area contributed by atoms with Crippen LogP contribution in [0, 0.1) is 20.8 Å². The van der Waals surface area contributed by atoms with Crippen LogP contribution in [-0.4, -0.2) is 23.4 Å². The molecular formula is C29H27ClN4O5. The molecule has 10 heteroatoms. The number of hydrazone groups is 1. The van der Waals surface area contributed by atoms with Crippen LogP contribution in [0.15, 0.2) is 56.6 Å². The predicted octanol–water partition coefficient (Wildman–Crippen LogP) is 5.08. The molecule has 0 atom stereocenters. The van der Waals surface area contributed by atoms with Crippen molar-refractivity contribution in [2.45, 2.75) is 46.5 Å². The third-order valence-electron chi connectivity index (χ3n) is 6.92. The summed E-state index contributed by atoms with van der Waals surface area (Å²) < 4.78 is 11.6. The molecule has 1 aliphatic rings. The van der Waals surface area contributed by atoms with Gasteiger partial charge in [-0.2, -0.15) is 5.10 Å². The van der Waals surface area contributed by atoms with E-state index in [1.54, 1.807) is 31.4 Å². The van der Waals surface area contributed by atoms with Gasteiger partial charge in [0, 0.05) is 39.1 Å². The standard InChI is InChI=1S/C29H27ClN4O5/c1-15-10-11-21-19(14-38-26(21)16(15)2)13-24(35)32-31-22-8-5-9-23-25(22)17(3)27(39-23)29(37)34-33-28(36)18-6-4-7-20(30)12-18/h4,6-7,10-12,14H,5,8-9,13H2,1-3H3,(H,32,35)(H,33,36)(H,34,37)/b31-22+. The maximum Gasteiger partial charge on any atom is 0.305 e. The number of hydrazine groups is 1. The molecule has 3 N–H and O–H groups in total. The Hall–Kier alpha value is -4.37. The molecule has 0 bridgehead atoms. The molecule has 0 radical (unpaired) electrons. The highest BCUT2D eigenvalue weighted by atomic mass is 35.5. The lowest BCUT2D eigenvalue weighted by Gasteiger charge is -2.13. The number of fused-ring (bicyclic) bond motifs is 2. The summed E-state index contributed by atoms with van der Waals surface area (Å²) in [5.41, 5.74) is 13.4. The maximum absolute atomic E-state index is 12.8. The van der Waals surface area contributed by atoms with Gasteiger partial charge in [-0.3, -0.25) is 25.2 Å². The second-order valence-electron chi connectivity index (χ2n) is 9.54. The van der Waals surface area contributed by atoms with E-state index in [1.807, 2.05) is 26.0 Å². The summed E-state index contributed by atoms with van der Waals surface area (Å²) in [6.07, 6.45) is 3.73. The minimum Gasteiger partial charge on any atom is -0.464 e. The average Bonchev–Trinajstić information content (AvgIpc) is 3.49. The van der Waals surface area contributed by atoms with Crippen LogP contribution in [0.25, 0.3) is 11.0 Å². The number of benzene rings is 2. The van der Waals surface area contributed by atoms with Gasteiger partial charge in [-0.1, -0.05) is 29.8 Å². The summed E-state index contributed by atoms with van der Waals surface area (Å²) in [5.74, 6) is -0.704. The van der Waals surface area contributed by atoms with Gasteiger partial charge in [0.25, 0.3) is 5.91 Å². The molecule has 1 aliphatic carbocycles. The van der Waals surface area contributed by atoms with Gasteiger partial charge in [0.05, 0.1) is 18.4 Å². The van der Waals surface area contributed by atoms with E-state index in [-0.39, 0.29) is 18.1 Å². The first kappa shape index (κ1) is 26.2. The van der Waals surface area contributed by atoms with E-state index in [9.17, 15) is 14.4 Å². The first-order valence-electron chi connectivity index (χ1n) is 12.5. The Balaban J connectivity index is 1.27. The minimum atomic E-state index is -0.599. The Bertz CT molecular complexity index is 1650. The average molecular weight is 547 g/mol. The first-order chi connectivity index (χ1) is 18.7. The van der Waals surface area contributed by atoms with Gasteiger partial charge in [-0.05, 0) is 62.9 Å². The summed E-state index contributed by atoms with van der Waals surface area (Å²) >= 11 is 5.93. The lowest BCUT2D eigenvalue weighted by atomic mass is 9.93. The van der Waals surface area contributed by atoms with Crippen molar-refractivity contribution in [2.75, 3.05) is 0 Å². The normalized spacial score (nSPS) is 13.8. The molecule has 3 amide bonds. The van der Waals surface area contributed by atoms with E-state index in [0.717, 1.165) is 34.1 Å². The number of nitrogens with zero attached hydrogens (tertiary/aromatic N) is 1. The molecule has 2 aromatic carbocycles. The fraction of sp³-hybridized carbons (Fsp3) is 0.241. The molecule has 0 aliphatic heterocycles. The SMILES string of the molecule is Cc1ccc2c(CC(=O)N/N=C3\CCCc4oc(C(=O)NNC(=O)c5cccc(Cl)c5)c(C)c43)coc2c1C. The number of furan rings is 2. The highest BCUT2D eigenvalue weighted by molar-refractivity contribution is 6.31. The van der Waals surface area contributed by atoms with Gasteiger partial charge < -0.3 is 8.83 Å². The third-order valence-corrected chi connectivity index (χ3v) is 7.15. The number of nitrogens with one attached hydrogen (secondary N) is 3. The minimum absolute atomic E-state index is 0.0721. The second kappa shape index (κ2) is 10.8. The van der Waals surface area contributed by atoms with E-state index in [0.29, 0.717) is 46.0 Å². The van der Waals surface area contributed by atoms with Crippen molar-refractivity contribution in [3.05, 3.63) is 92.6 Å². The number of hydrogen-bond acceptors (Lipinski definition) is 6. The first-order valence-corrected chi connectivity index (χ1v) is 12.9. The van der Waals surface area contributed by atoms with Crippen LogP contribution in [0.5, 0.6) is 0 Å². The van der Waals surface area contributed by atoms with Crippen molar-refractivity contribution in [1.29, 1.82) is 0 Å². The van der Waals surface area contributed by atoms with E-state index >= 15 is 0 Å². The zero-order valence-electron chi connectivity index (χ0n) is 21.7. The molecule has 0 fully saturated rings. The van der Waals surface area contributed by atoms with E-state index < -0.39 is 11.8 Å². The molecule has 9 nitrogen and oxygen atoms in total. The van der Waals surface area contributed by atoms with E-state index in [4.69, 9.17) is 20.4 Å². The van der Waals surface area contributed by atoms with E-state index in [2.05, 4.69) is 21.4 Å². The van der Waals surface area contributed by atoms with Crippen molar-refractivity contribution in [1.82, 2.24) is 16.3 Å². The summed E-state index contributed by atoms with van der Waals surface area (Å²) in [6.45, 7) is 5.76. The number of aryl methyl sites for hydroxylation is 3. The van der Waals surface area contributed by atoms with Gasteiger partial charge in [-0.15, -0.1) is 0 Å². The van der Waals surface area contributed by atoms with Crippen LogP contribution in [0.3, 0.4) is 0 Å². The molecule has 2 heterocycles. The number of halogens is 1. The molecule has 0 unspecified atom stereocenters. The third kappa shape index (κ3) is 5.31. The fourth-order valence-electron chi connectivity index (χ4n) is 4.74. The van der Waals surface area contributed by atoms with Crippen molar-refractivity contribution in [2.24, 2.45) is 5.10 Å². The summed E-state index contributed by atoms with van der Waals surface area (Å²) in [6, 6.07) is 10.3. The van der Waals surface area contributed by atoms with Crippen LogP contribution in [0.1, 0.15) is 67.3 Å². The Morgan fingerprint density at radius 3 is 2.59 bits per heavy atom. The topological polar surface area (TPSA) is 126 Å². The lowest BCUT2D eigenvalue weighted by Crippen LogP contribution is -2.41. The second-order valence-corrected chi connectivity index (χ2v) is 9.98. The molecular weight excluding hydrogens is 520 g/mol. The zero-order valence-corrected chi connectivity index (χ0v) is 22.5. The molecule has 0 saturated carbocycles. The molecule has 0 saturated heterocycles. The Labute approximate surface area is 229 Å². The van der Waals surface area contributed by atoms with Gasteiger partial charge in [0.2, 0.25) is 5.91 Å². The predicted molar refractivity (Wildman–Crippen MR) is 147 cm³/mol. The molecule has 2 aromatic heterocycles. The van der Waals surface area contributed by atoms with Crippen LogP contribution < -0.4 is 16.3 Å². The highest BCUT2D eigenvalue weighted by Crippen LogP contribution is 2.30. The van der Waals surface area contributed by atoms with Crippen LogP contribution in [-0.2, 0) is 17.6 Å². The number of carbonyl (C=O) groups is 3. The van der Waals surface area contributed by atoms with Gasteiger partial charge in [0.15, 0.2) is 5.76 Å². The quantitative estimate of drug-likeness (QED) is 0.301. The van der Waals surface area contributed by atoms with Crippen molar-refractivity contribution in [3.63, 3.8) is 0 Å². The van der Waals surface area contributed by atoms with E-state index in [1.165, 1.54) is 6.07 Å². The Morgan fingerprint density at radius 2 is 1.79 bits per heavy atom. The summed E-state index contributed by atoms with van der Waals surface area (Å²) in [5, 5.41) is 5.70. The molecule has 5 rings (SSSR count). The van der Waals surface area contributed by atoms with Crippen LogP contribution in [0.4, 0.5) is 0 Å². The number of hydrogen-bond donors (Lipinski definition) is 3. The highest BCUT2D eigenvalue weighted by Gasteiger charge is 2.28. The van der Waals surface area contributed by atoms with Crippen molar-refractivity contribution < 1.29 is 23.2 Å². The number of carbonyl (C=O) groups excluding carboxylic acids is 3. The Morgan fingerprint density at radius 1 is 1.00 bits per heavy atom. The van der Waals surface area contributed by atoms with Crippen LogP contribution >= 0.6 is 11.6 Å². The number of rotatable bonds is 5. The Kier molecular flexibility index (Phi) is 7.26. The maximum atomic E-state index is 12.8. The van der Waals surface area contributed by atoms with Crippen molar-refractivity contribution >= 4 is 46.0 Å². The van der Waals surface area contributed by atoms with Gasteiger partial charge >= 0.3 is 5.91 Å². The monoisotopic (exact) mass is 546 g/mol. The van der Waals surface area contributed by atoms with Gasteiger partial charge in [-0.25, -0.2) is 5.43 Å². The molecule has 0 spiro atoms. The molecule has 200 valence electrons. The van der Waals surface area contributed by atoms with Gasteiger partial charge in [0.1, 0.15) is 11.3 Å². The fourth-order valence-corrected chi connectivity index (χ4v) is 4.93. The van der Waals surface area contributed by atoms with Crippen LogP contribution in [0.2, 0.25) is 5.02 Å². The summed E-state index contributed by atoms with van der Waals surface area (Å²) in [7, 11) is 0. The molecule has 4 aromatic rings. The lowest BCUT2D eigenvalue weighted by molar-refractivity contribution is -0.120. The number of amides is 3. The zero-order chi connectivity index (χ0) is 27.7. The summed E-state index contributed by atoms with van der Waals surface area (Å²) in [4.78, 5) is 37.9. The smallest absolute Gasteiger partial charge is 0.305 e. The molecule has 39 heavy (non-hydrogen) atoms.